The molecule has 1 amide bonds. The Morgan fingerprint density at radius 1 is 1.13 bits per heavy atom. The highest BCUT2D eigenvalue weighted by atomic mass is 19.1. The Morgan fingerprint density at radius 2 is 1.96 bits per heavy atom. The molecular weight excluding hydrogens is 297 g/mol. The Morgan fingerprint density at radius 3 is 2.65 bits per heavy atom. The number of hydrogen-bond acceptors (Lipinski definition) is 4. The van der Waals surface area contributed by atoms with Gasteiger partial charge in [-0.25, -0.2) is 0 Å². The predicted octanol–water partition coefficient (Wildman–Crippen LogP) is 3.50. The van der Waals surface area contributed by atoms with Crippen LogP contribution >= 0.6 is 0 Å². The molecule has 0 unspecified atom stereocenters. The number of carbonyl (C=O) groups excluding carboxylic acids is 1. The zero-order valence-electron chi connectivity index (χ0n) is 12.2. The molecule has 0 aliphatic rings. The van der Waals surface area contributed by atoms with Crippen molar-refractivity contribution in [3.8, 4) is 11.4 Å². The van der Waals surface area contributed by atoms with Crippen LogP contribution in [0, 0.1) is 0 Å². The average Bonchev–Trinajstić information content (AvgIpc) is 3.08. The summed E-state index contributed by atoms with van der Waals surface area (Å²) in [5.41, 5.74) is 2.61. The van der Waals surface area contributed by atoms with Gasteiger partial charge in [0, 0.05) is 24.4 Å². The first-order valence-corrected chi connectivity index (χ1v) is 7.10. The van der Waals surface area contributed by atoms with Crippen molar-refractivity contribution < 1.29 is 13.7 Å². The Hall–Kier alpha value is -3.02. The number of nitrogens with one attached hydrogen (secondary N) is 1. The molecule has 0 bridgehead atoms. The summed E-state index contributed by atoms with van der Waals surface area (Å²) in [6.07, 6.45) is 2.01. The quantitative estimate of drug-likeness (QED) is 0.783. The summed E-state index contributed by atoms with van der Waals surface area (Å²) in [4.78, 5) is 16.3. The van der Waals surface area contributed by atoms with Crippen LogP contribution in [-0.2, 0) is 6.42 Å². The highest BCUT2D eigenvalue weighted by Crippen LogP contribution is 2.17. The van der Waals surface area contributed by atoms with Crippen molar-refractivity contribution in [2.75, 3.05) is 12.0 Å². The van der Waals surface area contributed by atoms with E-state index in [1.807, 2.05) is 6.07 Å². The summed E-state index contributed by atoms with van der Waals surface area (Å²) in [6, 6.07) is 13.9. The van der Waals surface area contributed by atoms with E-state index in [1.54, 1.807) is 42.6 Å². The predicted molar refractivity (Wildman–Crippen MR) is 83.8 cm³/mol. The number of rotatable bonds is 5. The van der Waals surface area contributed by atoms with Crippen molar-refractivity contribution in [1.29, 1.82) is 0 Å². The Kier molecular flexibility index (Phi) is 4.42. The summed E-state index contributed by atoms with van der Waals surface area (Å²) in [5.74, 6) is -0.309. The van der Waals surface area contributed by atoms with Crippen molar-refractivity contribution in [2.24, 2.45) is 0 Å². The molecule has 2 aromatic heterocycles. The fourth-order valence-corrected chi connectivity index (χ4v) is 2.07. The maximum absolute atomic E-state index is 12.3. The molecule has 116 valence electrons. The summed E-state index contributed by atoms with van der Waals surface area (Å²) in [6.45, 7) is -0.403. The molecule has 0 atom stereocenters. The standard InChI is InChI=1S/C17H14FN3O2/c18-9-8-12-4-6-13(7-5-12)20-17(22)16-11-15(21-23-16)14-3-1-2-10-19-14/h1-7,10-11H,8-9H2,(H,20,22). The van der Waals surface area contributed by atoms with Crippen LogP contribution in [0.3, 0.4) is 0 Å². The van der Waals surface area contributed by atoms with Gasteiger partial charge in [-0.2, -0.15) is 0 Å². The third-order valence-corrected chi connectivity index (χ3v) is 3.26. The van der Waals surface area contributed by atoms with E-state index in [0.717, 1.165) is 5.56 Å². The normalized spacial score (nSPS) is 10.5. The largest absolute Gasteiger partial charge is 0.350 e. The lowest BCUT2D eigenvalue weighted by atomic mass is 10.1. The molecule has 5 nitrogen and oxygen atoms in total. The average molecular weight is 311 g/mol. The monoisotopic (exact) mass is 311 g/mol. The van der Waals surface area contributed by atoms with Crippen LogP contribution in [-0.4, -0.2) is 22.7 Å². The molecule has 0 fully saturated rings. The third-order valence-electron chi connectivity index (χ3n) is 3.26. The van der Waals surface area contributed by atoms with E-state index in [1.165, 1.54) is 6.07 Å². The zero-order valence-corrected chi connectivity index (χ0v) is 12.2. The molecule has 1 N–H and O–H groups in total. The number of nitrogens with zero attached hydrogens (tertiary/aromatic N) is 2. The van der Waals surface area contributed by atoms with Crippen molar-refractivity contribution in [3.05, 3.63) is 66.1 Å². The van der Waals surface area contributed by atoms with E-state index in [4.69, 9.17) is 4.52 Å². The highest BCUT2D eigenvalue weighted by Gasteiger charge is 2.14. The van der Waals surface area contributed by atoms with Crippen LogP contribution in [0.4, 0.5) is 10.1 Å². The summed E-state index contributed by atoms with van der Waals surface area (Å²) in [7, 11) is 0. The van der Waals surface area contributed by atoms with Gasteiger partial charge in [0.25, 0.3) is 5.91 Å². The van der Waals surface area contributed by atoms with E-state index < -0.39 is 12.6 Å². The van der Waals surface area contributed by atoms with Gasteiger partial charge >= 0.3 is 0 Å². The van der Waals surface area contributed by atoms with Crippen molar-refractivity contribution in [3.63, 3.8) is 0 Å². The fraction of sp³-hybridized carbons (Fsp3) is 0.118. The number of pyridine rings is 1. The van der Waals surface area contributed by atoms with Crippen LogP contribution in [0.1, 0.15) is 16.1 Å². The van der Waals surface area contributed by atoms with E-state index in [0.29, 0.717) is 23.5 Å². The molecule has 0 saturated heterocycles. The minimum absolute atomic E-state index is 0.0958. The van der Waals surface area contributed by atoms with Gasteiger partial charge in [-0.3, -0.25) is 14.2 Å². The second-order valence-electron chi connectivity index (χ2n) is 4.88. The van der Waals surface area contributed by atoms with Gasteiger partial charge in [0.1, 0.15) is 5.69 Å². The van der Waals surface area contributed by atoms with Crippen molar-refractivity contribution in [1.82, 2.24) is 10.1 Å². The van der Waals surface area contributed by atoms with Gasteiger partial charge in [0.2, 0.25) is 5.76 Å². The van der Waals surface area contributed by atoms with Gasteiger partial charge in [-0.05, 0) is 29.8 Å². The lowest BCUT2D eigenvalue weighted by molar-refractivity contribution is 0.0988. The molecule has 0 aliphatic heterocycles. The van der Waals surface area contributed by atoms with Crippen LogP contribution < -0.4 is 5.32 Å². The number of amides is 1. The first-order chi connectivity index (χ1) is 11.3. The Balaban J connectivity index is 1.70. The van der Waals surface area contributed by atoms with Crippen LogP contribution in [0.5, 0.6) is 0 Å². The van der Waals surface area contributed by atoms with E-state index in [-0.39, 0.29) is 5.76 Å². The summed E-state index contributed by atoms with van der Waals surface area (Å²) < 4.78 is 17.3. The minimum Gasteiger partial charge on any atom is -0.350 e. The molecule has 0 radical (unpaired) electrons. The van der Waals surface area contributed by atoms with E-state index in [2.05, 4.69) is 15.5 Å². The Labute approximate surface area is 132 Å². The minimum atomic E-state index is -0.405. The number of alkyl halides is 1. The van der Waals surface area contributed by atoms with Crippen LogP contribution in [0.15, 0.2) is 59.3 Å². The molecule has 23 heavy (non-hydrogen) atoms. The molecule has 0 saturated carbocycles. The third kappa shape index (κ3) is 3.60. The number of benzene rings is 1. The molecular formula is C17H14FN3O2. The summed E-state index contributed by atoms with van der Waals surface area (Å²) >= 11 is 0. The van der Waals surface area contributed by atoms with Crippen molar-refractivity contribution >= 4 is 11.6 Å². The molecule has 1 aromatic carbocycles. The molecule has 0 spiro atoms. The number of carbonyl (C=O) groups is 1. The Bertz CT molecular complexity index is 785. The van der Waals surface area contributed by atoms with Gasteiger partial charge in [0.05, 0.1) is 12.4 Å². The SMILES string of the molecule is O=C(Nc1ccc(CCF)cc1)c1cc(-c2ccccn2)no1. The van der Waals surface area contributed by atoms with Gasteiger partial charge in [0.15, 0.2) is 0 Å². The van der Waals surface area contributed by atoms with Crippen LogP contribution in [0.2, 0.25) is 0 Å². The number of hydrogen-bond donors (Lipinski definition) is 1. The second-order valence-corrected chi connectivity index (χ2v) is 4.88. The molecule has 3 aromatic rings. The van der Waals surface area contributed by atoms with Crippen molar-refractivity contribution in [2.45, 2.75) is 6.42 Å². The fourth-order valence-electron chi connectivity index (χ4n) is 2.07. The number of halogens is 1. The number of anilines is 1. The summed E-state index contributed by atoms with van der Waals surface area (Å²) in [5, 5.41) is 6.55. The van der Waals surface area contributed by atoms with Gasteiger partial charge in [-0.15, -0.1) is 0 Å². The van der Waals surface area contributed by atoms with Crippen LogP contribution in [0.25, 0.3) is 11.4 Å². The molecule has 6 heteroatoms. The van der Waals surface area contributed by atoms with Gasteiger partial charge in [-0.1, -0.05) is 23.4 Å². The number of aromatic nitrogens is 2. The maximum atomic E-state index is 12.3. The number of aryl methyl sites for hydroxylation is 1. The lowest BCUT2D eigenvalue weighted by Gasteiger charge is -2.03. The zero-order chi connectivity index (χ0) is 16.1. The molecule has 3 rings (SSSR count). The highest BCUT2D eigenvalue weighted by molar-refractivity contribution is 6.02. The smallest absolute Gasteiger partial charge is 0.294 e. The maximum Gasteiger partial charge on any atom is 0.294 e. The first kappa shape index (κ1) is 14.9. The molecule has 2 heterocycles. The van der Waals surface area contributed by atoms with E-state index in [9.17, 15) is 9.18 Å². The van der Waals surface area contributed by atoms with Gasteiger partial charge < -0.3 is 9.84 Å². The van der Waals surface area contributed by atoms with E-state index >= 15 is 0 Å². The lowest BCUT2D eigenvalue weighted by Crippen LogP contribution is -2.10. The second kappa shape index (κ2) is 6.83. The molecule has 0 aliphatic carbocycles. The topological polar surface area (TPSA) is 68.0 Å². The first-order valence-electron chi connectivity index (χ1n) is 7.10.